The molecular weight excluding hydrogens is 356 g/mol. The Hall–Kier alpha value is -2.99. The number of anilines is 1. The SMILES string of the molecule is O=C(Cn1ccc2ccccc21)Nc1ccc(C2=CSC3=NCCN23)cc1. The number of aliphatic imine (C=N–C) groups is 1. The van der Waals surface area contributed by atoms with Crippen LogP contribution in [0.3, 0.4) is 0 Å². The molecule has 134 valence electrons. The average Bonchev–Trinajstić information content (AvgIpc) is 3.39. The van der Waals surface area contributed by atoms with Gasteiger partial charge in [0.1, 0.15) is 6.54 Å². The van der Waals surface area contributed by atoms with Crippen molar-refractivity contribution in [2.24, 2.45) is 4.99 Å². The fourth-order valence-electron chi connectivity index (χ4n) is 3.51. The molecule has 1 aromatic heterocycles. The van der Waals surface area contributed by atoms with E-state index in [1.165, 1.54) is 5.70 Å². The van der Waals surface area contributed by atoms with E-state index in [4.69, 9.17) is 0 Å². The van der Waals surface area contributed by atoms with Crippen molar-refractivity contribution in [2.75, 3.05) is 18.4 Å². The Kier molecular flexibility index (Phi) is 3.98. The Morgan fingerprint density at radius 3 is 2.85 bits per heavy atom. The Bertz CT molecular complexity index is 1080. The molecule has 6 heteroatoms. The maximum Gasteiger partial charge on any atom is 0.244 e. The van der Waals surface area contributed by atoms with Crippen LogP contribution in [-0.2, 0) is 11.3 Å². The predicted octanol–water partition coefficient (Wildman–Crippen LogP) is 4.00. The first-order chi connectivity index (χ1) is 13.3. The van der Waals surface area contributed by atoms with Crippen LogP contribution in [-0.4, -0.2) is 33.6 Å². The van der Waals surface area contributed by atoms with Crippen LogP contribution < -0.4 is 5.32 Å². The number of fused-ring (bicyclic) bond motifs is 2. The van der Waals surface area contributed by atoms with Crippen molar-refractivity contribution in [3.05, 3.63) is 71.8 Å². The Balaban J connectivity index is 1.27. The lowest BCUT2D eigenvalue weighted by molar-refractivity contribution is -0.116. The van der Waals surface area contributed by atoms with Crippen LogP contribution in [0.4, 0.5) is 5.69 Å². The van der Waals surface area contributed by atoms with E-state index < -0.39 is 0 Å². The molecule has 3 heterocycles. The van der Waals surface area contributed by atoms with Gasteiger partial charge in [-0.2, -0.15) is 0 Å². The summed E-state index contributed by atoms with van der Waals surface area (Å²) in [4.78, 5) is 19.2. The van der Waals surface area contributed by atoms with Crippen molar-refractivity contribution in [1.29, 1.82) is 0 Å². The van der Waals surface area contributed by atoms with Crippen LogP contribution in [0.2, 0.25) is 0 Å². The number of rotatable bonds is 4. The summed E-state index contributed by atoms with van der Waals surface area (Å²) in [5, 5.41) is 7.35. The van der Waals surface area contributed by atoms with Crippen LogP contribution >= 0.6 is 11.8 Å². The van der Waals surface area contributed by atoms with Crippen LogP contribution in [0.5, 0.6) is 0 Å². The molecule has 2 aliphatic rings. The molecule has 0 atom stereocenters. The second-order valence-electron chi connectivity index (χ2n) is 6.56. The van der Waals surface area contributed by atoms with Crippen molar-refractivity contribution in [3.63, 3.8) is 0 Å². The molecule has 3 aromatic rings. The largest absolute Gasteiger partial charge is 0.338 e. The molecule has 0 spiro atoms. The third kappa shape index (κ3) is 3.02. The first-order valence-corrected chi connectivity index (χ1v) is 9.79. The standard InChI is InChI=1S/C21H18N4OS/c26-20(13-24-11-9-15-3-1-2-4-18(15)24)23-17-7-5-16(6-8-17)19-14-27-21-22-10-12-25(19)21/h1-9,11,14H,10,12-13H2,(H,23,26). The summed E-state index contributed by atoms with van der Waals surface area (Å²) in [7, 11) is 0. The number of benzene rings is 2. The highest BCUT2D eigenvalue weighted by Gasteiger charge is 2.26. The molecule has 0 radical (unpaired) electrons. The molecule has 0 saturated carbocycles. The fraction of sp³-hybridized carbons (Fsp3) is 0.143. The van der Waals surface area contributed by atoms with Gasteiger partial charge in [-0.15, -0.1) is 0 Å². The number of amides is 1. The molecule has 2 aliphatic heterocycles. The number of para-hydroxylation sites is 1. The lowest BCUT2D eigenvalue weighted by Crippen LogP contribution is -2.20. The molecule has 0 bridgehead atoms. The number of thioether (sulfide) groups is 1. The van der Waals surface area contributed by atoms with Crippen LogP contribution in [0.25, 0.3) is 16.6 Å². The van der Waals surface area contributed by atoms with Gasteiger partial charge >= 0.3 is 0 Å². The quantitative estimate of drug-likeness (QED) is 0.751. The minimum Gasteiger partial charge on any atom is -0.338 e. The minimum absolute atomic E-state index is 0.0336. The lowest BCUT2D eigenvalue weighted by Gasteiger charge is -2.17. The summed E-state index contributed by atoms with van der Waals surface area (Å²) < 4.78 is 1.97. The number of hydrogen-bond donors (Lipinski definition) is 1. The maximum atomic E-state index is 12.4. The van der Waals surface area contributed by atoms with E-state index in [0.717, 1.165) is 40.4 Å². The highest BCUT2D eigenvalue weighted by molar-refractivity contribution is 8.16. The molecule has 0 fully saturated rings. The Morgan fingerprint density at radius 1 is 1.11 bits per heavy atom. The van der Waals surface area contributed by atoms with Gasteiger partial charge < -0.3 is 14.8 Å². The Labute approximate surface area is 161 Å². The molecule has 5 nitrogen and oxygen atoms in total. The summed E-state index contributed by atoms with van der Waals surface area (Å²) in [6.07, 6.45) is 1.95. The van der Waals surface area contributed by atoms with Gasteiger partial charge in [0.25, 0.3) is 0 Å². The van der Waals surface area contributed by atoms with E-state index in [9.17, 15) is 4.79 Å². The van der Waals surface area contributed by atoms with Crippen molar-refractivity contribution < 1.29 is 4.79 Å². The topological polar surface area (TPSA) is 49.6 Å². The lowest BCUT2D eigenvalue weighted by atomic mass is 10.1. The van der Waals surface area contributed by atoms with Gasteiger partial charge in [0.2, 0.25) is 5.91 Å². The zero-order chi connectivity index (χ0) is 18.2. The van der Waals surface area contributed by atoms with Crippen molar-refractivity contribution >= 4 is 45.1 Å². The third-order valence-corrected chi connectivity index (χ3v) is 5.73. The van der Waals surface area contributed by atoms with E-state index in [-0.39, 0.29) is 5.91 Å². The molecule has 1 N–H and O–H groups in total. The van der Waals surface area contributed by atoms with Crippen molar-refractivity contribution in [1.82, 2.24) is 9.47 Å². The third-order valence-electron chi connectivity index (χ3n) is 4.83. The smallest absolute Gasteiger partial charge is 0.244 e. The van der Waals surface area contributed by atoms with Gasteiger partial charge in [-0.1, -0.05) is 42.1 Å². The highest BCUT2D eigenvalue weighted by atomic mass is 32.2. The van der Waals surface area contributed by atoms with E-state index >= 15 is 0 Å². The molecule has 0 saturated heterocycles. The average molecular weight is 374 g/mol. The molecule has 5 rings (SSSR count). The number of carbonyl (C=O) groups excluding carboxylic acids is 1. The van der Waals surface area contributed by atoms with Crippen LogP contribution in [0.1, 0.15) is 5.56 Å². The van der Waals surface area contributed by atoms with E-state index in [0.29, 0.717) is 6.54 Å². The zero-order valence-electron chi connectivity index (χ0n) is 14.6. The molecular formula is C21H18N4OS. The first kappa shape index (κ1) is 16.2. The van der Waals surface area contributed by atoms with Gasteiger partial charge in [0.15, 0.2) is 5.17 Å². The first-order valence-electron chi connectivity index (χ1n) is 8.91. The van der Waals surface area contributed by atoms with E-state index in [2.05, 4.69) is 26.7 Å². The number of nitrogens with one attached hydrogen (secondary N) is 1. The van der Waals surface area contributed by atoms with Gasteiger partial charge in [-0.05, 0) is 35.2 Å². The number of aromatic nitrogens is 1. The number of carbonyl (C=O) groups is 1. The highest BCUT2D eigenvalue weighted by Crippen LogP contribution is 2.35. The monoisotopic (exact) mass is 374 g/mol. The van der Waals surface area contributed by atoms with E-state index in [1.807, 2.05) is 59.3 Å². The zero-order valence-corrected chi connectivity index (χ0v) is 15.4. The molecule has 1 amide bonds. The summed E-state index contributed by atoms with van der Waals surface area (Å²) in [5.74, 6) is -0.0336. The summed E-state index contributed by atoms with van der Waals surface area (Å²) in [6, 6.07) is 18.1. The number of nitrogens with zero attached hydrogens (tertiary/aromatic N) is 3. The normalized spacial score (nSPS) is 15.6. The van der Waals surface area contributed by atoms with Crippen LogP contribution in [0.15, 0.2) is 71.2 Å². The van der Waals surface area contributed by atoms with Gasteiger partial charge in [-0.25, -0.2) is 0 Å². The predicted molar refractivity (Wildman–Crippen MR) is 112 cm³/mol. The van der Waals surface area contributed by atoms with Gasteiger partial charge in [-0.3, -0.25) is 9.79 Å². The molecule has 27 heavy (non-hydrogen) atoms. The van der Waals surface area contributed by atoms with Crippen LogP contribution in [0, 0.1) is 0 Å². The molecule has 0 aliphatic carbocycles. The molecule has 2 aromatic carbocycles. The number of amidine groups is 1. The summed E-state index contributed by atoms with van der Waals surface area (Å²) in [6.45, 7) is 2.10. The maximum absolute atomic E-state index is 12.4. The second kappa shape index (κ2) is 6.63. The van der Waals surface area contributed by atoms with E-state index in [1.54, 1.807) is 11.8 Å². The molecule has 0 unspecified atom stereocenters. The minimum atomic E-state index is -0.0336. The number of hydrogen-bond acceptors (Lipinski definition) is 4. The van der Waals surface area contributed by atoms with Crippen molar-refractivity contribution in [2.45, 2.75) is 6.54 Å². The van der Waals surface area contributed by atoms with Crippen molar-refractivity contribution in [3.8, 4) is 0 Å². The van der Waals surface area contributed by atoms with Gasteiger partial charge in [0.05, 0.1) is 12.2 Å². The summed E-state index contributed by atoms with van der Waals surface area (Å²) in [5.41, 5.74) is 4.20. The second-order valence-corrected chi connectivity index (χ2v) is 7.40. The Morgan fingerprint density at radius 2 is 1.96 bits per heavy atom. The summed E-state index contributed by atoms with van der Waals surface area (Å²) >= 11 is 1.68. The fourth-order valence-corrected chi connectivity index (χ4v) is 4.47. The van der Waals surface area contributed by atoms with Gasteiger partial charge in [0, 0.05) is 29.4 Å².